The fraction of sp³-hybridized carbons (Fsp3) is 0.583. The summed E-state index contributed by atoms with van der Waals surface area (Å²) < 4.78 is 23.7. The summed E-state index contributed by atoms with van der Waals surface area (Å²) >= 11 is 0. The third-order valence-electron chi connectivity index (χ3n) is 7.63. The number of nitrogens with one attached hydrogen (secondary N) is 2. The number of nitrogens with zero attached hydrogens (tertiary/aromatic N) is 2. The standard InChI is InChI=1S/C24H34N4O3P/c1-5-23(6-2)13-19-17(25-15-23)9-11-21(27-19)30-32(29)31-22-12-10-18-20(28-22)14-24(7-3,8-4)16-26-18/h9-12,25-26H,5-8,13-16H2,1-4H3/q+1. The van der Waals surface area contributed by atoms with Gasteiger partial charge in [0.2, 0.25) is 0 Å². The lowest BCUT2D eigenvalue weighted by atomic mass is 9.76. The Hall–Kier alpha value is -2.40. The molecule has 7 nitrogen and oxygen atoms in total. The predicted molar refractivity (Wildman–Crippen MR) is 128 cm³/mol. The highest BCUT2D eigenvalue weighted by atomic mass is 31.1. The molecule has 0 amide bonds. The lowest BCUT2D eigenvalue weighted by Gasteiger charge is -2.36. The van der Waals surface area contributed by atoms with Crippen molar-refractivity contribution in [3.63, 3.8) is 0 Å². The minimum absolute atomic E-state index is 0.199. The number of fused-ring (bicyclic) bond motifs is 2. The molecular weight excluding hydrogens is 423 g/mol. The summed E-state index contributed by atoms with van der Waals surface area (Å²) in [5, 5.41) is 6.97. The summed E-state index contributed by atoms with van der Waals surface area (Å²) in [6, 6.07) is 7.34. The van der Waals surface area contributed by atoms with Crippen LogP contribution in [0.1, 0.15) is 64.8 Å². The maximum Gasteiger partial charge on any atom is 0.808 e. The van der Waals surface area contributed by atoms with E-state index in [2.05, 4.69) is 48.3 Å². The molecular formula is C24H34N4O3P+. The number of pyridine rings is 2. The van der Waals surface area contributed by atoms with E-state index in [0.29, 0.717) is 11.8 Å². The van der Waals surface area contributed by atoms with E-state index in [0.717, 1.165) is 74.4 Å². The van der Waals surface area contributed by atoms with Gasteiger partial charge >= 0.3 is 8.25 Å². The van der Waals surface area contributed by atoms with Gasteiger partial charge in [-0.25, -0.2) is 19.0 Å². The molecule has 8 heteroatoms. The van der Waals surface area contributed by atoms with Gasteiger partial charge in [0.15, 0.2) is 0 Å². The Balaban J connectivity index is 1.44. The molecule has 0 saturated carbocycles. The number of anilines is 2. The minimum atomic E-state index is -2.44. The Morgan fingerprint density at radius 3 is 1.56 bits per heavy atom. The van der Waals surface area contributed by atoms with Gasteiger partial charge in [0.1, 0.15) is 0 Å². The maximum absolute atomic E-state index is 12.6. The summed E-state index contributed by atoms with van der Waals surface area (Å²) in [5.74, 6) is 0.621. The van der Waals surface area contributed by atoms with Crippen molar-refractivity contribution < 1.29 is 13.6 Å². The SMILES string of the molecule is CCC1(CC)CNc2ccc(O[P+](=O)Oc3ccc4c(n3)CC(CC)(CC)CN4)nc2C1. The van der Waals surface area contributed by atoms with E-state index in [1.807, 2.05) is 12.1 Å². The van der Waals surface area contributed by atoms with Gasteiger partial charge in [0.25, 0.3) is 11.8 Å². The largest absolute Gasteiger partial charge is 0.808 e. The average molecular weight is 458 g/mol. The van der Waals surface area contributed by atoms with E-state index in [-0.39, 0.29) is 10.8 Å². The Morgan fingerprint density at radius 2 is 1.19 bits per heavy atom. The van der Waals surface area contributed by atoms with Crippen LogP contribution in [0.3, 0.4) is 0 Å². The Bertz CT molecular complexity index is 912. The van der Waals surface area contributed by atoms with Gasteiger partial charge in [-0.3, -0.25) is 0 Å². The van der Waals surface area contributed by atoms with Gasteiger partial charge in [0, 0.05) is 29.8 Å². The van der Waals surface area contributed by atoms with Crippen molar-refractivity contribution in [1.29, 1.82) is 0 Å². The zero-order valence-electron chi connectivity index (χ0n) is 19.5. The molecule has 0 fully saturated rings. The predicted octanol–water partition coefficient (Wildman–Crippen LogP) is 6.14. The van der Waals surface area contributed by atoms with Crippen LogP contribution in [0.4, 0.5) is 11.4 Å². The van der Waals surface area contributed by atoms with Gasteiger partial charge in [-0.05, 0) is 61.5 Å². The minimum Gasteiger partial charge on any atom is -0.383 e. The van der Waals surface area contributed by atoms with Crippen LogP contribution in [-0.2, 0) is 17.4 Å². The second-order valence-corrected chi connectivity index (χ2v) is 9.98. The zero-order chi connectivity index (χ0) is 22.8. The van der Waals surface area contributed by atoms with Crippen molar-refractivity contribution in [2.24, 2.45) is 10.8 Å². The van der Waals surface area contributed by atoms with E-state index < -0.39 is 8.25 Å². The lowest BCUT2D eigenvalue weighted by Crippen LogP contribution is -2.35. The molecule has 2 aliphatic rings. The third-order valence-corrected chi connectivity index (χ3v) is 8.30. The molecule has 0 unspecified atom stereocenters. The van der Waals surface area contributed by atoms with Gasteiger partial charge < -0.3 is 10.6 Å². The van der Waals surface area contributed by atoms with Crippen LogP contribution in [0.25, 0.3) is 0 Å². The molecule has 2 N–H and O–H groups in total. The van der Waals surface area contributed by atoms with Crippen LogP contribution in [0.5, 0.6) is 11.8 Å². The molecule has 2 aliphatic heterocycles. The van der Waals surface area contributed by atoms with Gasteiger partial charge in [-0.1, -0.05) is 27.7 Å². The van der Waals surface area contributed by atoms with Crippen molar-refractivity contribution in [3.05, 3.63) is 35.7 Å². The monoisotopic (exact) mass is 457 g/mol. The number of aromatic nitrogens is 2. The summed E-state index contributed by atoms with van der Waals surface area (Å²) in [5.41, 5.74) is 4.34. The van der Waals surface area contributed by atoms with E-state index in [1.165, 1.54) is 0 Å². The van der Waals surface area contributed by atoms with Gasteiger partial charge in [-0.2, -0.15) is 0 Å². The van der Waals surface area contributed by atoms with Crippen LogP contribution in [-0.4, -0.2) is 23.1 Å². The smallest absolute Gasteiger partial charge is 0.383 e. The summed E-state index contributed by atoms with van der Waals surface area (Å²) in [4.78, 5) is 9.24. The molecule has 0 spiro atoms. The first kappa shape index (κ1) is 22.8. The number of rotatable bonds is 8. The Kier molecular flexibility index (Phi) is 6.57. The Labute approximate surface area is 191 Å². The highest BCUT2D eigenvalue weighted by molar-refractivity contribution is 7.34. The normalized spacial score (nSPS) is 17.9. The van der Waals surface area contributed by atoms with E-state index >= 15 is 0 Å². The molecule has 0 bridgehead atoms. The molecule has 0 radical (unpaired) electrons. The van der Waals surface area contributed by atoms with Crippen molar-refractivity contribution in [2.45, 2.75) is 66.2 Å². The zero-order valence-corrected chi connectivity index (χ0v) is 20.4. The van der Waals surface area contributed by atoms with Crippen LogP contribution < -0.4 is 19.7 Å². The maximum atomic E-state index is 12.6. The number of hydrogen-bond donors (Lipinski definition) is 2. The second-order valence-electron chi connectivity index (χ2n) is 9.17. The number of hydrogen-bond acceptors (Lipinski definition) is 7. The van der Waals surface area contributed by atoms with E-state index in [1.54, 1.807) is 12.1 Å². The first-order valence-corrected chi connectivity index (χ1v) is 12.8. The molecule has 32 heavy (non-hydrogen) atoms. The first-order valence-electron chi connectivity index (χ1n) is 11.7. The fourth-order valence-corrected chi connectivity index (χ4v) is 5.27. The highest BCUT2D eigenvalue weighted by Crippen LogP contribution is 2.40. The molecule has 2 aromatic rings. The molecule has 172 valence electrons. The van der Waals surface area contributed by atoms with Crippen molar-refractivity contribution >= 4 is 19.6 Å². The molecule has 2 aromatic heterocycles. The molecule has 0 atom stereocenters. The van der Waals surface area contributed by atoms with E-state index in [9.17, 15) is 4.57 Å². The van der Waals surface area contributed by atoms with Crippen molar-refractivity contribution in [1.82, 2.24) is 9.97 Å². The van der Waals surface area contributed by atoms with Crippen molar-refractivity contribution in [3.8, 4) is 11.8 Å². The molecule has 4 rings (SSSR count). The first-order chi connectivity index (χ1) is 15.4. The molecule has 4 heterocycles. The van der Waals surface area contributed by atoms with Gasteiger partial charge in [-0.15, -0.1) is 0 Å². The molecule has 0 saturated heterocycles. The van der Waals surface area contributed by atoms with Crippen LogP contribution in [0.2, 0.25) is 0 Å². The summed E-state index contributed by atoms with van der Waals surface area (Å²) in [7, 11) is -2.44. The summed E-state index contributed by atoms with van der Waals surface area (Å²) in [6.07, 6.45) is 6.08. The highest BCUT2D eigenvalue weighted by Gasteiger charge is 2.35. The van der Waals surface area contributed by atoms with E-state index in [4.69, 9.17) is 9.05 Å². The van der Waals surface area contributed by atoms with Crippen molar-refractivity contribution in [2.75, 3.05) is 23.7 Å². The third kappa shape index (κ3) is 4.54. The topological polar surface area (TPSA) is 85.4 Å². The Morgan fingerprint density at radius 1 is 0.781 bits per heavy atom. The fourth-order valence-electron chi connectivity index (χ4n) is 4.73. The molecule has 0 aromatic carbocycles. The van der Waals surface area contributed by atoms with Gasteiger partial charge in [0.05, 0.1) is 22.8 Å². The summed E-state index contributed by atoms with van der Waals surface area (Å²) in [6.45, 7) is 10.8. The quantitative estimate of drug-likeness (QED) is 0.461. The van der Waals surface area contributed by atoms with Crippen LogP contribution >= 0.6 is 8.25 Å². The lowest BCUT2D eigenvalue weighted by molar-refractivity contribution is 0.269. The average Bonchev–Trinajstić information content (AvgIpc) is 2.83. The van der Waals surface area contributed by atoms with Crippen LogP contribution in [0.15, 0.2) is 24.3 Å². The second kappa shape index (κ2) is 9.22. The van der Waals surface area contributed by atoms with Crippen LogP contribution in [0, 0.1) is 10.8 Å². The molecule has 0 aliphatic carbocycles.